The number of nitrogens with two attached hydrogens (primary N) is 1. The molecule has 25 heavy (non-hydrogen) atoms. The van der Waals surface area contributed by atoms with Gasteiger partial charge in [-0.15, -0.1) is 0 Å². The Hall–Kier alpha value is -2.20. The average Bonchev–Trinajstić information content (AvgIpc) is 3.15. The maximum Gasteiger partial charge on any atom is 0.427 e. The predicted molar refractivity (Wildman–Crippen MR) is 88.5 cm³/mol. The van der Waals surface area contributed by atoms with Gasteiger partial charge in [-0.3, -0.25) is 4.40 Å². The Kier molecular flexibility index (Phi) is 3.88. The lowest BCUT2D eigenvalue weighted by atomic mass is 10.1. The van der Waals surface area contributed by atoms with Crippen LogP contribution >= 0.6 is 11.3 Å². The van der Waals surface area contributed by atoms with Crippen LogP contribution in [0.5, 0.6) is 0 Å². The number of piperidine rings is 1. The highest BCUT2D eigenvalue weighted by molar-refractivity contribution is 7.17. The van der Waals surface area contributed by atoms with Crippen LogP contribution in [0.1, 0.15) is 17.7 Å². The molecule has 2 N–H and O–H groups in total. The fourth-order valence-corrected chi connectivity index (χ4v) is 3.77. The number of hydrogen-bond donors (Lipinski definition) is 1. The Labute approximate surface area is 145 Å². The van der Waals surface area contributed by atoms with Crippen molar-refractivity contribution < 1.29 is 13.2 Å². The minimum absolute atomic E-state index is 0.0973. The molecule has 0 saturated carbocycles. The normalized spacial score (nSPS) is 18.9. The monoisotopic (exact) mass is 368 g/mol. The summed E-state index contributed by atoms with van der Waals surface area (Å²) in [4.78, 5) is 14.4. The molecule has 10 heteroatoms. The highest BCUT2D eigenvalue weighted by Gasteiger charge is 2.34. The molecule has 1 saturated heterocycles. The maximum atomic E-state index is 12.9. The number of alkyl halides is 3. The number of aromatic nitrogens is 4. The molecule has 1 unspecified atom stereocenters. The van der Waals surface area contributed by atoms with Gasteiger partial charge in [-0.2, -0.15) is 13.2 Å². The standard InChI is InChI=1S/C15H15F3N6S/c16-15(17,18)11-8-24-10(6-21-14(24)25-11)13-20-4-3-12(22-13)23-5-1-2-9(19)7-23/h3-4,6,8-9H,1-2,5,7,19H2. The Morgan fingerprint density at radius 2 is 2.12 bits per heavy atom. The van der Waals surface area contributed by atoms with E-state index in [1.165, 1.54) is 10.6 Å². The average molecular weight is 368 g/mol. The predicted octanol–water partition coefficient (Wildman–Crippen LogP) is 2.80. The van der Waals surface area contributed by atoms with Crippen LogP contribution in [0.15, 0.2) is 24.7 Å². The molecule has 0 radical (unpaired) electrons. The van der Waals surface area contributed by atoms with Crippen molar-refractivity contribution in [1.82, 2.24) is 19.4 Å². The number of hydrogen-bond acceptors (Lipinski definition) is 6. The lowest BCUT2D eigenvalue weighted by molar-refractivity contribution is -0.134. The van der Waals surface area contributed by atoms with Gasteiger partial charge in [0.2, 0.25) is 0 Å². The van der Waals surface area contributed by atoms with E-state index in [4.69, 9.17) is 5.73 Å². The van der Waals surface area contributed by atoms with E-state index in [1.54, 1.807) is 12.3 Å². The van der Waals surface area contributed by atoms with E-state index in [1.807, 2.05) is 0 Å². The molecule has 0 bridgehead atoms. The van der Waals surface area contributed by atoms with Crippen LogP contribution in [0.3, 0.4) is 0 Å². The van der Waals surface area contributed by atoms with Crippen LogP contribution in [0.2, 0.25) is 0 Å². The number of rotatable bonds is 2. The van der Waals surface area contributed by atoms with Gasteiger partial charge in [-0.1, -0.05) is 11.3 Å². The molecule has 1 fully saturated rings. The molecule has 4 heterocycles. The van der Waals surface area contributed by atoms with Gasteiger partial charge in [0.05, 0.1) is 6.20 Å². The van der Waals surface area contributed by atoms with Crippen molar-refractivity contribution in [1.29, 1.82) is 0 Å². The second-order valence-corrected chi connectivity index (χ2v) is 6.99. The molecule has 132 valence electrons. The maximum absolute atomic E-state index is 12.9. The van der Waals surface area contributed by atoms with Gasteiger partial charge in [-0.25, -0.2) is 15.0 Å². The molecule has 3 aromatic heterocycles. The van der Waals surface area contributed by atoms with Crippen molar-refractivity contribution in [3.8, 4) is 11.5 Å². The Morgan fingerprint density at radius 1 is 1.28 bits per heavy atom. The fraction of sp³-hybridized carbons (Fsp3) is 0.400. The summed E-state index contributed by atoms with van der Waals surface area (Å²) >= 11 is 0.597. The minimum atomic E-state index is -4.39. The Morgan fingerprint density at radius 3 is 2.88 bits per heavy atom. The number of thiazole rings is 1. The van der Waals surface area contributed by atoms with E-state index in [9.17, 15) is 13.2 Å². The third-order valence-electron chi connectivity index (χ3n) is 4.14. The molecule has 6 nitrogen and oxygen atoms in total. The first kappa shape index (κ1) is 16.3. The van der Waals surface area contributed by atoms with E-state index < -0.39 is 11.1 Å². The first-order chi connectivity index (χ1) is 11.9. The van der Waals surface area contributed by atoms with Crippen LogP contribution in [0.25, 0.3) is 16.5 Å². The quantitative estimate of drug-likeness (QED) is 0.753. The summed E-state index contributed by atoms with van der Waals surface area (Å²) in [6, 6.07) is 1.88. The summed E-state index contributed by atoms with van der Waals surface area (Å²) < 4.78 is 40.1. The lowest BCUT2D eigenvalue weighted by Gasteiger charge is -2.31. The molecule has 1 aliphatic heterocycles. The second-order valence-electron chi connectivity index (χ2n) is 5.98. The zero-order chi connectivity index (χ0) is 17.6. The smallest absolute Gasteiger partial charge is 0.355 e. The largest absolute Gasteiger partial charge is 0.427 e. The lowest BCUT2D eigenvalue weighted by Crippen LogP contribution is -2.43. The number of anilines is 1. The molecule has 0 amide bonds. The van der Waals surface area contributed by atoms with Gasteiger partial charge in [0.15, 0.2) is 10.8 Å². The molecule has 0 spiro atoms. The number of nitrogens with zero attached hydrogens (tertiary/aromatic N) is 5. The summed E-state index contributed by atoms with van der Waals surface area (Å²) in [6.45, 7) is 1.55. The van der Waals surface area contributed by atoms with Crippen molar-refractivity contribution in [3.05, 3.63) is 29.5 Å². The molecule has 3 aromatic rings. The van der Waals surface area contributed by atoms with Crippen molar-refractivity contribution in [2.45, 2.75) is 25.1 Å². The first-order valence-electron chi connectivity index (χ1n) is 7.80. The second kappa shape index (κ2) is 5.95. The van der Waals surface area contributed by atoms with E-state index in [0.29, 0.717) is 29.4 Å². The van der Waals surface area contributed by atoms with Crippen LogP contribution in [-0.2, 0) is 6.18 Å². The van der Waals surface area contributed by atoms with E-state index in [0.717, 1.165) is 31.4 Å². The summed E-state index contributed by atoms with van der Waals surface area (Å²) in [5.74, 6) is 1.07. The molecule has 0 aromatic carbocycles. The van der Waals surface area contributed by atoms with Gasteiger partial charge in [0.1, 0.15) is 16.4 Å². The SMILES string of the molecule is NC1CCCN(c2ccnc(-c3cnc4sc(C(F)(F)F)cn34)n2)C1. The van der Waals surface area contributed by atoms with Crippen molar-refractivity contribution in [2.24, 2.45) is 5.73 Å². The van der Waals surface area contributed by atoms with Crippen molar-refractivity contribution in [2.75, 3.05) is 18.0 Å². The molecule has 0 aliphatic carbocycles. The van der Waals surface area contributed by atoms with Gasteiger partial charge >= 0.3 is 6.18 Å². The first-order valence-corrected chi connectivity index (χ1v) is 8.61. The zero-order valence-corrected chi connectivity index (χ0v) is 13.9. The Bertz CT molecular complexity index is 902. The fourth-order valence-electron chi connectivity index (χ4n) is 2.95. The minimum Gasteiger partial charge on any atom is -0.355 e. The Balaban J connectivity index is 1.71. The van der Waals surface area contributed by atoms with E-state index in [2.05, 4.69) is 19.9 Å². The van der Waals surface area contributed by atoms with Gasteiger partial charge in [0, 0.05) is 31.5 Å². The summed E-state index contributed by atoms with van der Waals surface area (Å²) in [5.41, 5.74) is 6.44. The highest BCUT2D eigenvalue weighted by Crippen LogP contribution is 2.36. The number of halogens is 3. The molecular weight excluding hydrogens is 353 g/mol. The zero-order valence-electron chi connectivity index (χ0n) is 13.1. The number of fused-ring (bicyclic) bond motifs is 1. The topological polar surface area (TPSA) is 72.3 Å². The molecule has 1 atom stereocenters. The third kappa shape index (κ3) is 3.07. The molecule has 1 aliphatic rings. The molecule has 4 rings (SSSR count). The van der Waals surface area contributed by atoms with E-state index in [-0.39, 0.29) is 11.0 Å². The summed E-state index contributed by atoms with van der Waals surface area (Å²) in [5, 5.41) is 0. The van der Waals surface area contributed by atoms with Crippen LogP contribution in [-0.4, -0.2) is 38.5 Å². The van der Waals surface area contributed by atoms with Gasteiger partial charge in [0.25, 0.3) is 0 Å². The van der Waals surface area contributed by atoms with E-state index >= 15 is 0 Å². The van der Waals surface area contributed by atoms with Gasteiger partial charge in [-0.05, 0) is 18.9 Å². The van der Waals surface area contributed by atoms with Crippen LogP contribution < -0.4 is 10.6 Å². The van der Waals surface area contributed by atoms with Crippen LogP contribution in [0, 0.1) is 0 Å². The number of imidazole rings is 1. The summed E-state index contributed by atoms with van der Waals surface area (Å²) in [6.07, 6.45) is 1.70. The third-order valence-corrected chi connectivity index (χ3v) is 5.18. The highest BCUT2D eigenvalue weighted by atomic mass is 32.1. The van der Waals surface area contributed by atoms with Crippen LogP contribution in [0.4, 0.5) is 19.0 Å². The summed E-state index contributed by atoms with van der Waals surface area (Å²) in [7, 11) is 0. The molecular formula is C15H15F3N6S. The van der Waals surface area contributed by atoms with Crippen molar-refractivity contribution >= 4 is 22.1 Å². The van der Waals surface area contributed by atoms with Crippen molar-refractivity contribution in [3.63, 3.8) is 0 Å². The van der Waals surface area contributed by atoms with Gasteiger partial charge < -0.3 is 10.6 Å².